The van der Waals surface area contributed by atoms with E-state index < -0.39 is 0 Å². The van der Waals surface area contributed by atoms with E-state index in [1.54, 1.807) is 0 Å². The average molecular weight is 250 g/mol. The van der Waals surface area contributed by atoms with E-state index >= 15 is 0 Å². The summed E-state index contributed by atoms with van der Waals surface area (Å²) in [6.45, 7) is 4.26. The van der Waals surface area contributed by atoms with Crippen LogP contribution in [0, 0.1) is 0 Å². The number of anilines is 1. The highest BCUT2D eigenvalue weighted by Gasteiger charge is 2.38. The number of rotatable bonds is 1. The van der Waals surface area contributed by atoms with Crippen LogP contribution in [0.1, 0.15) is 25.8 Å². The highest BCUT2D eigenvalue weighted by molar-refractivity contribution is 6.30. The van der Waals surface area contributed by atoms with Gasteiger partial charge in [0.1, 0.15) is 0 Å². The maximum Gasteiger partial charge on any atom is 0.0921 e. The highest BCUT2D eigenvalue weighted by atomic mass is 35.5. The van der Waals surface area contributed by atoms with E-state index in [2.05, 4.69) is 32.1 Å². The molecule has 2 aliphatic rings. The number of benzene rings is 1. The fourth-order valence-electron chi connectivity index (χ4n) is 2.70. The monoisotopic (exact) mass is 249 g/mol. The molecule has 1 fully saturated rings. The summed E-state index contributed by atoms with van der Waals surface area (Å²) in [5, 5.41) is 2.86. The van der Waals surface area contributed by atoms with Gasteiger partial charge < -0.3 is 0 Å². The van der Waals surface area contributed by atoms with Gasteiger partial charge in [-0.3, -0.25) is 4.84 Å². The molecule has 2 bridgehead atoms. The smallest absolute Gasteiger partial charge is 0.0921 e. The van der Waals surface area contributed by atoms with Crippen LogP contribution >= 0.6 is 11.6 Å². The van der Waals surface area contributed by atoms with Crippen LogP contribution in [0.2, 0.25) is 5.02 Å². The number of nitrogens with zero attached hydrogens (tertiary/aromatic N) is 1. The first-order chi connectivity index (χ1) is 8.13. The van der Waals surface area contributed by atoms with Crippen LogP contribution in [0.4, 0.5) is 5.69 Å². The number of hydrogen-bond acceptors (Lipinski definition) is 2. The molecule has 3 heteroatoms. The van der Waals surface area contributed by atoms with E-state index in [1.807, 2.05) is 11.1 Å². The van der Waals surface area contributed by atoms with Crippen molar-refractivity contribution in [1.29, 1.82) is 0 Å². The number of hydrogen-bond donors (Lipinski definition) is 0. The molecule has 0 spiro atoms. The summed E-state index contributed by atoms with van der Waals surface area (Å²) in [7, 11) is 0. The molecule has 2 aliphatic heterocycles. The predicted octanol–water partition coefficient (Wildman–Crippen LogP) is 3.74. The molecule has 17 heavy (non-hydrogen) atoms. The largest absolute Gasteiger partial charge is 0.269 e. The molecule has 3 rings (SSSR count). The summed E-state index contributed by atoms with van der Waals surface area (Å²) in [6, 6.07) is 6.42. The van der Waals surface area contributed by atoms with Crippen LogP contribution in [0.3, 0.4) is 0 Å². The number of halogens is 1. The van der Waals surface area contributed by atoms with Gasteiger partial charge in [0.15, 0.2) is 0 Å². The first kappa shape index (κ1) is 11.1. The zero-order valence-electron chi connectivity index (χ0n) is 10.1. The van der Waals surface area contributed by atoms with E-state index in [1.165, 1.54) is 16.8 Å². The summed E-state index contributed by atoms with van der Waals surface area (Å²) in [5.41, 5.74) is 3.81. The van der Waals surface area contributed by atoms with Crippen molar-refractivity contribution in [1.82, 2.24) is 0 Å². The Bertz CT molecular complexity index is 479. The van der Waals surface area contributed by atoms with Gasteiger partial charge in [0, 0.05) is 17.9 Å². The molecule has 0 aliphatic carbocycles. The summed E-state index contributed by atoms with van der Waals surface area (Å²) < 4.78 is 0. The Morgan fingerprint density at radius 3 is 3.06 bits per heavy atom. The Morgan fingerprint density at radius 2 is 2.29 bits per heavy atom. The lowest BCUT2D eigenvalue weighted by Crippen LogP contribution is -2.30. The molecule has 2 nitrogen and oxygen atoms in total. The fraction of sp³-hybridized carbons (Fsp3) is 0.429. The van der Waals surface area contributed by atoms with E-state index in [0.717, 1.165) is 17.9 Å². The third-order valence-corrected chi connectivity index (χ3v) is 3.56. The Morgan fingerprint density at radius 1 is 1.47 bits per heavy atom. The molecule has 0 N–H and O–H groups in total. The van der Waals surface area contributed by atoms with Crippen molar-refractivity contribution < 1.29 is 4.84 Å². The van der Waals surface area contributed by atoms with Gasteiger partial charge in [-0.15, -0.1) is 0 Å². The van der Waals surface area contributed by atoms with Gasteiger partial charge in [0.2, 0.25) is 0 Å². The Balaban J connectivity index is 2.00. The molecule has 0 aromatic heterocycles. The molecule has 90 valence electrons. The standard InChI is InChI=1S/C14H16ClNO/c1-9(2)5-12-8-13-7-10-6-11(15)3-4-14(10)16(12)17-13/h3-6,12-13H,7-8H2,1-2H3/t12-,13?/m1/s1. The molecule has 1 aromatic carbocycles. The lowest BCUT2D eigenvalue weighted by Gasteiger charge is -2.29. The third-order valence-electron chi connectivity index (χ3n) is 3.32. The maximum atomic E-state index is 6.04. The summed E-state index contributed by atoms with van der Waals surface area (Å²) in [6.07, 6.45) is 4.63. The van der Waals surface area contributed by atoms with Gasteiger partial charge in [-0.05, 0) is 37.6 Å². The third kappa shape index (κ3) is 1.96. The highest BCUT2D eigenvalue weighted by Crippen LogP contribution is 2.39. The molecular weight excluding hydrogens is 234 g/mol. The van der Waals surface area contributed by atoms with Gasteiger partial charge in [0.05, 0.1) is 17.8 Å². The maximum absolute atomic E-state index is 6.04. The molecule has 1 unspecified atom stereocenters. The molecular formula is C14H16ClNO. The second kappa shape index (κ2) is 4.04. The van der Waals surface area contributed by atoms with Crippen molar-refractivity contribution in [3.8, 4) is 0 Å². The zero-order chi connectivity index (χ0) is 12.0. The molecule has 0 amide bonds. The Hall–Kier alpha value is -0.990. The van der Waals surface area contributed by atoms with E-state index in [-0.39, 0.29) is 0 Å². The molecule has 2 atom stereocenters. The molecule has 0 saturated carbocycles. The number of hydroxylamine groups is 1. The summed E-state index contributed by atoms with van der Waals surface area (Å²) >= 11 is 6.04. The second-order valence-corrected chi connectivity index (χ2v) is 5.51. The molecule has 0 radical (unpaired) electrons. The Kier molecular flexibility index (Phi) is 2.64. The lowest BCUT2D eigenvalue weighted by molar-refractivity contribution is 0.0752. The fourth-order valence-corrected chi connectivity index (χ4v) is 2.90. The predicted molar refractivity (Wildman–Crippen MR) is 70.3 cm³/mol. The zero-order valence-corrected chi connectivity index (χ0v) is 10.9. The second-order valence-electron chi connectivity index (χ2n) is 5.08. The molecule has 1 saturated heterocycles. The first-order valence-electron chi connectivity index (χ1n) is 6.03. The summed E-state index contributed by atoms with van der Waals surface area (Å²) in [4.78, 5) is 5.92. The number of allylic oxidation sites excluding steroid dienone is 1. The van der Waals surface area contributed by atoms with Crippen molar-refractivity contribution in [2.24, 2.45) is 0 Å². The topological polar surface area (TPSA) is 12.5 Å². The SMILES string of the molecule is CC(C)=C[C@@H]1CC2Cc3cc(Cl)ccc3N1O2. The van der Waals surface area contributed by atoms with Gasteiger partial charge >= 0.3 is 0 Å². The van der Waals surface area contributed by atoms with Crippen molar-refractivity contribution in [3.05, 3.63) is 40.4 Å². The van der Waals surface area contributed by atoms with Crippen molar-refractivity contribution in [2.45, 2.75) is 38.8 Å². The van der Waals surface area contributed by atoms with Crippen molar-refractivity contribution in [3.63, 3.8) is 0 Å². The summed E-state index contributed by atoms with van der Waals surface area (Å²) in [5.74, 6) is 0. The minimum absolute atomic E-state index is 0.307. The van der Waals surface area contributed by atoms with E-state index in [4.69, 9.17) is 16.4 Å². The lowest BCUT2D eigenvalue weighted by atomic mass is 10.0. The molecule has 1 aromatic rings. The van der Waals surface area contributed by atoms with Crippen LogP contribution in [-0.4, -0.2) is 12.1 Å². The minimum Gasteiger partial charge on any atom is -0.269 e. The quantitative estimate of drug-likeness (QED) is 0.703. The van der Waals surface area contributed by atoms with Crippen LogP contribution < -0.4 is 5.06 Å². The van der Waals surface area contributed by atoms with Crippen LogP contribution in [0.15, 0.2) is 29.8 Å². The molecule has 2 heterocycles. The van der Waals surface area contributed by atoms with E-state index in [9.17, 15) is 0 Å². The minimum atomic E-state index is 0.307. The average Bonchev–Trinajstić information content (AvgIpc) is 2.55. The normalized spacial score (nSPS) is 25.7. The number of fused-ring (bicyclic) bond motifs is 4. The van der Waals surface area contributed by atoms with Gasteiger partial charge in [0.25, 0.3) is 0 Å². The van der Waals surface area contributed by atoms with Crippen LogP contribution in [0.5, 0.6) is 0 Å². The first-order valence-corrected chi connectivity index (χ1v) is 6.41. The van der Waals surface area contributed by atoms with Crippen LogP contribution in [0.25, 0.3) is 0 Å². The van der Waals surface area contributed by atoms with Crippen molar-refractivity contribution in [2.75, 3.05) is 5.06 Å². The van der Waals surface area contributed by atoms with Crippen LogP contribution in [-0.2, 0) is 11.3 Å². The van der Waals surface area contributed by atoms with Gasteiger partial charge in [-0.1, -0.05) is 23.3 Å². The van der Waals surface area contributed by atoms with Gasteiger partial charge in [-0.25, -0.2) is 5.06 Å². The van der Waals surface area contributed by atoms with E-state index in [0.29, 0.717) is 12.1 Å². The Labute approximate surface area is 107 Å². The van der Waals surface area contributed by atoms with Crippen molar-refractivity contribution >= 4 is 17.3 Å². The van der Waals surface area contributed by atoms with Gasteiger partial charge in [-0.2, -0.15) is 0 Å².